The van der Waals surface area contributed by atoms with E-state index in [1.807, 2.05) is 17.9 Å². The summed E-state index contributed by atoms with van der Waals surface area (Å²) in [6.07, 6.45) is 3.61. The van der Waals surface area contributed by atoms with Gasteiger partial charge >= 0.3 is 0 Å². The van der Waals surface area contributed by atoms with E-state index in [1.54, 1.807) is 6.20 Å². The third-order valence-corrected chi connectivity index (χ3v) is 5.24. The van der Waals surface area contributed by atoms with E-state index >= 15 is 0 Å². The summed E-state index contributed by atoms with van der Waals surface area (Å²) < 4.78 is 6.08. The van der Waals surface area contributed by atoms with Gasteiger partial charge in [0.1, 0.15) is 16.7 Å². The van der Waals surface area contributed by atoms with Gasteiger partial charge in [0.25, 0.3) is 5.91 Å². The molecule has 1 saturated heterocycles. The smallest absolute Gasteiger partial charge is 0.265 e. The molecule has 0 radical (unpaired) electrons. The van der Waals surface area contributed by atoms with Crippen LogP contribution in [-0.2, 0) is 0 Å². The first-order chi connectivity index (χ1) is 11.0. The van der Waals surface area contributed by atoms with Gasteiger partial charge in [0, 0.05) is 25.9 Å². The van der Waals surface area contributed by atoms with Crippen LogP contribution in [-0.4, -0.2) is 35.0 Å². The van der Waals surface area contributed by atoms with Crippen LogP contribution in [0.3, 0.4) is 0 Å². The molecule has 1 aromatic heterocycles. The van der Waals surface area contributed by atoms with E-state index in [9.17, 15) is 4.79 Å². The molecule has 0 aliphatic carbocycles. The molecule has 1 amide bonds. The van der Waals surface area contributed by atoms with Crippen LogP contribution in [0.4, 0.5) is 0 Å². The second kappa shape index (κ2) is 6.71. The molecule has 4 nitrogen and oxygen atoms in total. The molecule has 2 heterocycles. The van der Waals surface area contributed by atoms with Gasteiger partial charge in [0.15, 0.2) is 0 Å². The lowest BCUT2D eigenvalue weighted by molar-refractivity contribution is 0.0600. The average Bonchev–Trinajstić information content (AvgIpc) is 2.97. The number of thiazole rings is 1. The summed E-state index contributed by atoms with van der Waals surface area (Å²) in [5.41, 5.74) is 2.52. The van der Waals surface area contributed by atoms with Gasteiger partial charge in [-0.05, 0) is 44.0 Å². The van der Waals surface area contributed by atoms with E-state index in [0.29, 0.717) is 0 Å². The highest BCUT2D eigenvalue weighted by Gasteiger charge is 2.25. The maximum absolute atomic E-state index is 12.4. The minimum absolute atomic E-state index is 0.0974. The zero-order valence-electron chi connectivity index (χ0n) is 13.8. The summed E-state index contributed by atoms with van der Waals surface area (Å²) in [5.74, 6) is 1.02. The topological polar surface area (TPSA) is 42.4 Å². The van der Waals surface area contributed by atoms with Gasteiger partial charge in [-0.15, -0.1) is 11.3 Å². The Hall–Kier alpha value is -1.88. The second-order valence-corrected chi connectivity index (χ2v) is 7.33. The number of likely N-dealkylation sites (tertiary alicyclic amines) is 1. The monoisotopic (exact) mass is 330 g/mol. The van der Waals surface area contributed by atoms with Crippen molar-refractivity contribution in [3.05, 3.63) is 45.4 Å². The molecule has 3 rings (SSSR count). The highest BCUT2D eigenvalue weighted by molar-refractivity contribution is 7.13. The van der Waals surface area contributed by atoms with Crippen molar-refractivity contribution in [3.8, 4) is 5.75 Å². The summed E-state index contributed by atoms with van der Waals surface area (Å²) in [6, 6.07) is 6.21. The SMILES string of the molecule is Cc1ncc(C(=O)N2CCC(Oc3ccc(C)c(C)c3)CC2)s1. The molecule has 5 heteroatoms. The van der Waals surface area contributed by atoms with Crippen LogP contribution in [0.25, 0.3) is 0 Å². The molecule has 122 valence electrons. The number of carbonyl (C=O) groups excluding carboxylic acids is 1. The molecular formula is C18H22N2O2S. The molecule has 0 saturated carbocycles. The Balaban J connectivity index is 1.56. The van der Waals surface area contributed by atoms with E-state index in [4.69, 9.17) is 4.74 Å². The van der Waals surface area contributed by atoms with Crippen LogP contribution < -0.4 is 4.74 Å². The van der Waals surface area contributed by atoms with Crippen molar-refractivity contribution in [1.29, 1.82) is 0 Å². The molecule has 1 aromatic carbocycles. The first-order valence-electron chi connectivity index (χ1n) is 7.98. The van der Waals surface area contributed by atoms with Crippen molar-refractivity contribution in [2.24, 2.45) is 0 Å². The highest BCUT2D eigenvalue weighted by atomic mass is 32.1. The fraction of sp³-hybridized carbons (Fsp3) is 0.444. The van der Waals surface area contributed by atoms with Gasteiger partial charge in [0.05, 0.1) is 11.2 Å². The largest absolute Gasteiger partial charge is 0.490 e. The van der Waals surface area contributed by atoms with E-state index < -0.39 is 0 Å². The van der Waals surface area contributed by atoms with Crippen molar-refractivity contribution in [3.63, 3.8) is 0 Å². The van der Waals surface area contributed by atoms with Crippen LogP contribution >= 0.6 is 11.3 Å². The predicted octanol–water partition coefficient (Wildman–Crippen LogP) is 3.75. The maximum Gasteiger partial charge on any atom is 0.265 e. The van der Waals surface area contributed by atoms with Crippen LogP contribution in [0.15, 0.2) is 24.4 Å². The normalized spacial score (nSPS) is 15.7. The number of benzene rings is 1. The second-order valence-electron chi connectivity index (χ2n) is 6.10. The lowest BCUT2D eigenvalue weighted by Gasteiger charge is -2.32. The van der Waals surface area contributed by atoms with Crippen molar-refractivity contribution >= 4 is 17.2 Å². The van der Waals surface area contributed by atoms with Crippen molar-refractivity contribution in [2.75, 3.05) is 13.1 Å². The number of nitrogens with zero attached hydrogens (tertiary/aromatic N) is 2. The Kier molecular flexibility index (Phi) is 4.66. The Morgan fingerprint density at radius 1 is 1.22 bits per heavy atom. The molecule has 1 fully saturated rings. The van der Waals surface area contributed by atoms with Gasteiger partial charge in [-0.25, -0.2) is 4.98 Å². The van der Waals surface area contributed by atoms with Crippen LogP contribution in [0.5, 0.6) is 5.75 Å². The molecular weight excluding hydrogens is 308 g/mol. The van der Waals surface area contributed by atoms with Gasteiger partial charge in [-0.3, -0.25) is 4.79 Å². The summed E-state index contributed by atoms with van der Waals surface area (Å²) in [4.78, 5) is 19.2. The highest BCUT2D eigenvalue weighted by Crippen LogP contribution is 2.23. The van der Waals surface area contributed by atoms with Crippen LogP contribution in [0.1, 0.15) is 38.6 Å². The Morgan fingerprint density at radius 3 is 2.57 bits per heavy atom. The number of ether oxygens (including phenoxy) is 1. The molecule has 0 unspecified atom stereocenters. The van der Waals surface area contributed by atoms with E-state index in [2.05, 4.69) is 31.0 Å². The van der Waals surface area contributed by atoms with E-state index in [-0.39, 0.29) is 12.0 Å². The van der Waals surface area contributed by atoms with E-state index in [1.165, 1.54) is 22.5 Å². The molecule has 0 N–H and O–H groups in total. The Morgan fingerprint density at radius 2 is 1.96 bits per heavy atom. The Bertz CT molecular complexity index is 703. The third-order valence-electron chi connectivity index (χ3n) is 4.34. The summed E-state index contributed by atoms with van der Waals surface area (Å²) in [6.45, 7) is 7.60. The standard InChI is InChI=1S/C18H22N2O2S/c1-12-4-5-16(10-13(12)2)22-15-6-8-20(9-7-15)18(21)17-11-19-14(3)23-17/h4-5,10-11,15H,6-9H2,1-3H3. The number of carbonyl (C=O) groups is 1. The number of aromatic nitrogens is 1. The number of piperidine rings is 1. The number of amides is 1. The molecule has 2 aromatic rings. The lowest BCUT2D eigenvalue weighted by Crippen LogP contribution is -2.41. The molecule has 0 spiro atoms. The van der Waals surface area contributed by atoms with Crippen LogP contribution in [0.2, 0.25) is 0 Å². The van der Waals surface area contributed by atoms with Gasteiger partial charge in [-0.1, -0.05) is 6.07 Å². The van der Waals surface area contributed by atoms with Crippen LogP contribution in [0, 0.1) is 20.8 Å². The number of hydrogen-bond donors (Lipinski definition) is 0. The van der Waals surface area contributed by atoms with Crippen molar-refractivity contribution in [1.82, 2.24) is 9.88 Å². The predicted molar refractivity (Wildman–Crippen MR) is 92.3 cm³/mol. The summed E-state index contributed by atoms with van der Waals surface area (Å²) in [5, 5.41) is 0.932. The molecule has 0 bridgehead atoms. The first-order valence-corrected chi connectivity index (χ1v) is 8.80. The number of hydrogen-bond acceptors (Lipinski definition) is 4. The zero-order chi connectivity index (χ0) is 16.4. The lowest BCUT2D eigenvalue weighted by atomic mass is 10.1. The fourth-order valence-corrected chi connectivity index (χ4v) is 3.52. The van der Waals surface area contributed by atoms with Crippen molar-refractivity contribution < 1.29 is 9.53 Å². The summed E-state index contributed by atoms with van der Waals surface area (Å²) >= 11 is 1.46. The molecule has 1 aliphatic rings. The molecule has 23 heavy (non-hydrogen) atoms. The molecule has 1 aliphatic heterocycles. The van der Waals surface area contributed by atoms with Gasteiger partial charge < -0.3 is 9.64 Å². The molecule has 0 atom stereocenters. The van der Waals surface area contributed by atoms with E-state index in [0.717, 1.165) is 41.6 Å². The third kappa shape index (κ3) is 3.72. The van der Waals surface area contributed by atoms with Gasteiger partial charge in [-0.2, -0.15) is 0 Å². The minimum Gasteiger partial charge on any atom is -0.490 e. The average molecular weight is 330 g/mol. The van der Waals surface area contributed by atoms with Crippen molar-refractivity contribution in [2.45, 2.75) is 39.7 Å². The first kappa shape index (κ1) is 16.0. The fourth-order valence-electron chi connectivity index (χ4n) is 2.77. The Labute approximate surface area is 141 Å². The number of aryl methyl sites for hydroxylation is 3. The quantitative estimate of drug-likeness (QED) is 0.861. The minimum atomic E-state index is 0.0974. The zero-order valence-corrected chi connectivity index (χ0v) is 14.7. The number of rotatable bonds is 3. The maximum atomic E-state index is 12.4. The van der Waals surface area contributed by atoms with Gasteiger partial charge in [0.2, 0.25) is 0 Å². The summed E-state index contributed by atoms with van der Waals surface area (Å²) in [7, 11) is 0.